The molecule has 5 heteroatoms. The van der Waals surface area contributed by atoms with Gasteiger partial charge in [-0.15, -0.1) is 0 Å². The predicted molar refractivity (Wildman–Crippen MR) is 66.7 cm³/mol. The lowest BCUT2D eigenvalue weighted by Crippen LogP contribution is -2.62. The highest BCUT2D eigenvalue weighted by atomic mass is 16.2. The quantitative estimate of drug-likeness (QED) is 0.517. The third-order valence-electron chi connectivity index (χ3n) is 2.34. The van der Waals surface area contributed by atoms with E-state index < -0.39 is 11.3 Å². The van der Waals surface area contributed by atoms with Crippen molar-refractivity contribution in [2.24, 2.45) is 11.5 Å². The summed E-state index contributed by atoms with van der Waals surface area (Å²) in [6.07, 6.45) is 3.30. The molecule has 0 bridgehead atoms. The van der Waals surface area contributed by atoms with Crippen LogP contribution in [0.1, 0.15) is 53.4 Å². The van der Waals surface area contributed by atoms with Crippen molar-refractivity contribution in [2.45, 2.75) is 64.7 Å². The second kappa shape index (κ2) is 6.06. The summed E-state index contributed by atoms with van der Waals surface area (Å²) < 4.78 is 0. The average Bonchev–Trinajstić information content (AvgIpc) is 1.99. The Morgan fingerprint density at radius 3 is 1.56 bits per heavy atom. The first-order valence-corrected chi connectivity index (χ1v) is 5.90. The molecule has 0 fully saturated rings. The lowest BCUT2D eigenvalue weighted by Gasteiger charge is -2.30. The normalized spacial score (nSPS) is 18.4. The van der Waals surface area contributed by atoms with Gasteiger partial charge >= 0.3 is 6.03 Å². The van der Waals surface area contributed by atoms with Gasteiger partial charge in [-0.3, -0.25) is 0 Å². The van der Waals surface area contributed by atoms with Crippen molar-refractivity contribution in [1.29, 1.82) is 0 Å². The van der Waals surface area contributed by atoms with Crippen LogP contribution in [0.3, 0.4) is 0 Å². The Morgan fingerprint density at radius 2 is 1.31 bits per heavy atom. The van der Waals surface area contributed by atoms with Crippen LogP contribution in [-0.4, -0.2) is 17.4 Å². The molecule has 2 amide bonds. The zero-order chi connectivity index (χ0) is 12.8. The maximum atomic E-state index is 11.6. The topological polar surface area (TPSA) is 93.2 Å². The zero-order valence-electron chi connectivity index (χ0n) is 10.9. The molecule has 0 saturated carbocycles. The van der Waals surface area contributed by atoms with Crippen molar-refractivity contribution in [3.05, 3.63) is 0 Å². The molecule has 0 heterocycles. The molecule has 0 aromatic heterocycles. The molecule has 0 aromatic carbocycles. The fourth-order valence-electron chi connectivity index (χ4n) is 1.71. The SMILES string of the molecule is CCCC(C)(N)NC(=O)NC(C)(N)CCC. The maximum Gasteiger partial charge on any atom is 0.317 e. The number of amides is 2. The molecule has 0 aliphatic heterocycles. The number of carbonyl (C=O) groups is 1. The van der Waals surface area contributed by atoms with Crippen LogP contribution in [0.25, 0.3) is 0 Å². The van der Waals surface area contributed by atoms with Gasteiger partial charge in [0, 0.05) is 0 Å². The first-order chi connectivity index (χ1) is 7.22. The van der Waals surface area contributed by atoms with Gasteiger partial charge in [0.1, 0.15) is 0 Å². The number of hydrogen-bond donors (Lipinski definition) is 4. The smallest absolute Gasteiger partial charge is 0.317 e. The average molecular weight is 230 g/mol. The van der Waals surface area contributed by atoms with Crippen molar-refractivity contribution in [3.63, 3.8) is 0 Å². The van der Waals surface area contributed by atoms with Crippen molar-refractivity contribution >= 4 is 6.03 Å². The summed E-state index contributed by atoms with van der Waals surface area (Å²) in [5.74, 6) is 0. The van der Waals surface area contributed by atoms with E-state index in [0.29, 0.717) is 0 Å². The van der Waals surface area contributed by atoms with E-state index in [1.807, 2.05) is 13.8 Å². The second-order valence-electron chi connectivity index (χ2n) is 4.91. The number of nitrogens with two attached hydrogens (primary N) is 2. The molecule has 0 aromatic rings. The molecular weight excluding hydrogens is 204 g/mol. The molecule has 6 N–H and O–H groups in total. The van der Waals surface area contributed by atoms with Gasteiger partial charge < -0.3 is 22.1 Å². The Bertz CT molecular complexity index is 204. The standard InChI is InChI=1S/C11H26N4O/c1-5-7-10(3,12)14-9(16)15-11(4,13)8-6-2/h5-8,12-13H2,1-4H3,(H2,14,15,16). The lowest BCUT2D eigenvalue weighted by atomic mass is 10.1. The minimum absolute atomic E-state index is 0.308. The molecule has 16 heavy (non-hydrogen) atoms. The van der Waals surface area contributed by atoms with Gasteiger partial charge in [-0.1, -0.05) is 26.7 Å². The van der Waals surface area contributed by atoms with E-state index in [9.17, 15) is 4.79 Å². The third-order valence-corrected chi connectivity index (χ3v) is 2.34. The molecule has 2 atom stereocenters. The first kappa shape index (κ1) is 15.2. The van der Waals surface area contributed by atoms with Crippen molar-refractivity contribution in [2.75, 3.05) is 0 Å². The van der Waals surface area contributed by atoms with Crippen molar-refractivity contribution in [1.82, 2.24) is 10.6 Å². The molecule has 0 saturated heterocycles. The summed E-state index contributed by atoms with van der Waals surface area (Å²) in [5.41, 5.74) is 10.5. The van der Waals surface area contributed by atoms with Gasteiger partial charge in [0.15, 0.2) is 0 Å². The molecule has 0 aliphatic rings. The zero-order valence-corrected chi connectivity index (χ0v) is 10.9. The fraction of sp³-hybridized carbons (Fsp3) is 0.909. The number of rotatable bonds is 6. The van der Waals surface area contributed by atoms with E-state index >= 15 is 0 Å². The van der Waals surface area contributed by atoms with Crippen LogP contribution < -0.4 is 22.1 Å². The van der Waals surface area contributed by atoms with E-state index in [2.05, 4.69) is 10.6 Å². The highest BCUT2D eigenvalue weighted by Gasteiger charge is 2.24. The van der Waals surface area contributed by atoms with E-state index in [-0.39, 0.29) is 6.03 Å². The Balaban J connectivity index is 4.17. The summed E-state index contributed by atoms with van der Waals surface area (Å²) in [6.45, 7) is 7.64. The van der Waals surface area contributed by atoms with Crippen molar-refractivity contribution < 1.29 is 4.79 Å². The van der Waals surface area contributed by atoms with Crippen LogP contribution in [0.2, 0.25) is 0 Å². The highest BCUT2D eigenvalue weighted by molar-refractivity contribution is 5.75. The Labute approximate surface area is 98.3 Å². The van der Waals surface area contributed by atoms with Gasteiger partial charge in [0.05, 0.1) is 11.3 Å². The summed E-state index contributed by atoms with van der Waals surface area (Å²) in [4.78, 5) is 11.6. The molecule has 0 rings (SSSR count). The van der Waals surface area contributed by atoms with Gasteiger partial charge in [0.2, 0.25) is 0 Å². The van der Waals surface area contributed by atoms with E-state index in [1.165, 1.54) is 0 Å². The fourth-order valence-corrected chi connectivity index (χ4v) is 1.71. The number of hydrogen-bond acceptors (Lipinski definition) is 3. The Hall–Kier alpha value is -0.810. The summed E-state index contributed by atoms with van der Waals surface area (Å²) >= 11 is 0. The monoisotopic (exact) mass is 230 g/mol. The minimum Gasteiger partial charge on any atom is -0.321 e. The summed E-state index contributed by atoms with van der Waals surface area (Å²) in [5, 5.41) is 5.44. The predicted octanol–water partition coefficient (Wildman–Crippen LogP) is 1.24. The van der Waals surface area contributed by atoms with E-state index in [0.717, 1.165) is 25.7 Å². The van der Waals surface area contributed by atoms with Gasteiger partial charge in [-0.05, 0) is 26.7 Å². The van der Waals surface area contributed by atoms with Crippen LogP contribution in [0.4, 0.5) is 4.79 Å². The summed E-state index contributed by atoms with van der Waals surface area (Å²) in [6, 6.07) is -0.308. The van der Waals surface area contributed by atoms with Gasteiger partial charge in [-0.25, -0.2) is 4.79 Å². The Morgan fingerprint density at radius 1 is 1.00 bits per heavy atom. The van der Waals surface area contributed by atoms with Gasteiger partial charge in [-0.2, -0.15) is 0 Å². The van der Waals surface area contributed by atoms with Crippen LogP contribution in [0, 0.1) is 0 Å². The maximum absolute atomic E-state index is 11.6. The van der Waals surface area contributed by atoms with Gasteiger partial charge in [0.25, 0.3) is 0 Å². The third kappa shape index (κ3) is 6.63. The lowest BCUT2D eigenvalue weighted by molar-refractivity contribution is 0.211. The largest absolute Gasteiger partial charge is 0.321 e. The highest BCUT2D eigenvalue weighted by Crippen LogP contribution is 2.06. The van der Waals surface area contributed by atoms with Crippen molar-refractivity contribution in [3.8, 4) is 0 Å². The molecule has 0 aliphatic carbocycles. The Kier molecular flexibility index (Phi) is 5.75. The summed E-state index contributed by atoms with van der Waals surface area (Å²) in [7, 11) is 0. The molecule has 0 spiro atoms. The first-order valence-electron chi connectivity index (χ1n) is 5.90. The molecule has 5 nitrogen and oxygen atoms in total. The van der Waals surface area contributed by atoms with E-state index in [1.54, 1.807) is 13.8 Å². The molecular formula is C11H26N4O. The molecule has 96 valence electrons. The molecule has 0 radical (unpaired) electrons. The number of carbonyl (C=O) groups excluding carboxylic acids is 1. The van der Waals surface area contributed by atoms with Crippen LogP contribution in [0.15, 0.2) is 0 Å². The molecule has 2 unspecified atom stereocenters. The van der Waals surface area contributed by atoms with Crippen LogP contribution in [0.5, 0.6) is 0 Å². The number of nitrogens with one attached hydrogen (secondary N) is 2. The second-order valence-corrected chi connectivity index (χ2v) is 4.91. The minimum atomic E-state index is -0.679. The van der Waals surface area contributed by atoms with Crippen LogP contribution in [-0.2, 0) is 0 Å². The van der Waals surface area contributed by atoms with E-state index in [4.69, 9.17) is 11.5 Å². The van der Waals surface area contributed by atoms with Crippen LogP contribution >= 0.6 is 0 Å². The number of urea groups is 1.